The molecule has 8 rings (SSSR count). The summed E-state index contributed by atoms with van der Waals surface area (Å²) in [6, 6.07) is 18.3. The smallest absolute Gasteiger partial charge is 0.254 e. The number of rotatable bonds is 6. The lowest BCUT2D eigenvalue weighted by Crippen LogP contribution is -2.50. The van der Waals surface area contributed by atoms with Crippen molar-refractivity contribution in [3.8, 4) is 27.4 Å². The molecule has 1 saturated heterocycles. The zero-order valence-electron chi connectivity index (χ0n) is 25.4. The van der Waals surface area contributed by atoms with Crippen LogP contribution in [0.4, 0.5) is 4.39 Å². The maximum atomic E-state index is 14.3. The van der Waals surface area contributed by atoms with Crippen molar-refractivity contribution in [1.29, 1.82) is 0 Å². The first-order valence-electron chi connectivity index (χ1n) is 15.6. The van der Waals surface area contributed by atoms with Gasteiger partial charge in [0, 0.05) is 57.8 Å². The number of piperidine rings is 1. The van der Waals surface area contributed by atoms with Crippen LogP contribution in [0.1, 0.15) is 51.1 Å². The SMILES string of the molecule is COc1cc(C(=O)N2C[C@H](N)C[C@@H](F)C2)cc2sc(-c3cc4ccc(-c5ccc6c(c5)C(=O)NC6)cc4n3CC3CC3)c(C)c12. The quantitative estimate of drug-likeness (QED) is 0.221. The van der Waals surface area contributed by atoms with E-state index in [4.69, 9.17) is 10.5 Å². The average Bonchev–Trinajstić information content (AvgIpc) is 3.56. The second-order valence-corrected chi connectivity index (χ2v) is 13.9. The molecule has 5 aromatic rings. The number of nitrogens with zero attached hydrogens (tertiary/aromatic N) is 2. The van der Waals surface area contributed by atoms with Crippen molar-refractivity contribution in [2.45, 2.75) is 51.5 Å². The van der Waals surface area contributed by atoms with Gasteiger partial charge in [0.05, 0.1) is 24.2 Å². The Bertz CT molecular complexity index is 2020. The first-order valence-corrected chi connectivity index (χ1v) is 16.4. The van der Waals surface area contributed by atoms with Crippen molar-refractivity contribution in [1.82, 2.24) is 14.8 Å². The number of methoxy groups -OCH3 is 1. The fourth-order valence-electron chi connectivity index (χ4n) is 7.06. The van der Waals surface area contributed by atoms with Crippen molar-refractivity contribution in [3.05, 3.63) is 76.9 Å². The molecule has 45 heavy (non-hydrogen) atoms. The summed E-state index contributed by atoms with van der Waals surface area (Å²) in [6.07, 6.45) is 1.61. The molecule has 2 amide bonds. The van der Waals surface area contributed by atoms with Crippen LogP contribution >= 0.6 is 11.3 Å². The molecule has 0 unspecified atom stereocenters. The molecule has 1 saturated carbocycles. The molecule has 230 valence electrons. The number of nitrogens with one attached hydrogen (secondary N) is 1. The second kappa shape index (κ2) is 10.7. The highest BCUT2D eigenvalue weighted by Crippen LogP contribution is 2.46. The number of ether oxygens (including phenoxy) is 1. The van der Waals surface area contributed by atoms with E-state index in [1.165, 1.54) is 23.3 Å². The average molecular weight is 623 g/mol. The molecule has 3 aliphatic rings. The Labute approximate surface area is 264 Å². The highest BCUT2D eigenvalue weighted by Gasteiger charge is 2.30. The van der Waals surface area contributed by atoms with E-state index in [-0.39, 0.29) is 30.8 Å². The topological polar surface area (TPSA) is 89.6 Å². The molecule has 2 aliphatic heterocycles. The minimum absolute atomic E-state index is 0.0149. The lowest BCUT2D eigenvalue weighted by atomic mass is 9.99. The van der Waals surface area contributed by atoms with Crippen LogP contribution in [-0.2, 0) is 13.1 Å². The summed E-state index contributed by atoms with van der Waals surface area (Å²) >= 11 is 1.66. The van der Waals surface area contributed by atoms with E-state index in [9.17, 15) is 14.0 Å². The van der Waals surface area contributed by atoms with Gasteiger partial charge in [-0.25, -0.2) is 4.39 Å². The molecule has 4 heterocycles. The lowest BCUT2D eigenvalue weighted by molar-refractivity contribution is 0.0606. The number of hydrogen-bond donors (Lipinski definition) is 2. The Balaban J connectivity index is 1.23. The van der Waals surface area contributed by atoms with E-state index in [2.05, 4.69) is 47.1 Å². The van der Waals surface area contributed by atoms with Gasteiger partial charge in [-0.1, -0.05) is 24.3 Å². The highest BCUT2D eigenvalue weighted by atomic mass is 32.1. The van der Waals surface area contributed by atoms with Crippen molar-refractivity contribution >= 4 is 44.1 Å². The largest absolute Gasteiger partial charge is 0.496 e. The maximum absolute atomic E-state index is 14.3. The zero-order chi connectivity index (χ0) is 31.0. The Morgan fingerprint density at radius 2 is 1.89 bits per heavy atom. The van der Waals surface area contributed by atoms with Crippen LogP contribution in [0.2, 0.25) is 0 Å². The molecule has 2 fully saturated rings. The van der Waals surface area contributed by atoms with Gasteiger partial charge in [-0.2, -0.15) is 0 Å². The van der Waals surface area contributed by atoms with Crippen molar-refractivity contribution in [2.24, 2.45) is 11.7 Å². The van der Waals surface area contributed by atoms with Crippen LogP contribution in [0.15, 0.2) is 54.6 Å². The number of carbonyl (C=O) groups is 2. The third-order valence-electron chi connectivity index (χ3n) is 9.58. The summed E-state index contributed by atoms with van der Waals surface area (Å²) in [5.74, 6) is 1.05. The van der Waals surface area contributed by atoms with E-state index in [1.807, 2.05) is 18.2 Å². The van der Waals surface area contributed by atoms with E-state index in [0.29, 0.717) is 30.3 Å². The van der Waals surface area contributed by atoms with Crippen LogP contribution < -0.4 is 15.8 Å². The maximum Gasteiger partial charge on any atom is 0.254 e. The standard InChI is InChI=1S/C36H35FN4O3S/c1-19-33-31(44-2)12-25(36(43)40-17-26(37)14-27(38)18-40)13-32(33)45-34(19)30-11-23-7-5-22(10-29(23)41(30)16-20-3-4-20)21-6-8-24-15-39-35(42)28(24)9-21/h5-13,20,26-27H,3-4,14-18,38H2,1-2H3,(H,39,42)/t26-,27-/m1/s1. The number of fused-ring (bicyclic) bond motifs is 3. The van der Waals surface area contributed by atoms with Gasteiger partial charge in [0.15, 0.2) is 0 Å². The van der Waals surface area contributed by atoms with Gasteiger partial charge in [-0.05, 0) is 84.7 Å². The number of nitrogens with two attached hydrogens (primary N) is 1. The van der Waals surface area contributed by atoms with Crippen LogP contribution in [-0.4, -0.2) is 53.7 Å². The number of alkyl halides is 1. The molecular formula is C36H35FN4O3S. The first kappa shape index (κ1) is 28.3. The van der Waals surface area contributed by atoms with E-state index >= 15 is 0 Å². The fraction of sp³-hybridized carbons (Fsp3) is 0.333. The Hall–Kier alpha value is -4.21. The van der Waals surface area contributed by atoms with E-state index in [1.54, 1.807) is 24.5 Å². The monoisotopic (exact) mass is 622 g/mol. The van der Waals surface area contributed by atoms with Crippen molar-refractivity contribution in [3.63, 3.8) is 0 Å². The van der Waals surface area contributed by atoms with Gasteiger partial charge >= 0.3 is 0 Å². The van der Waals surface area contributed by atoms with Gasteiger partial charge < -0.3 is 25.3 Å². The molecule has 0 bridgehead atoms. The number of aryl methyl sites for hydroxylation is 1. The minimum atomic E-state index is -1.12. The molecule has 9 heteroatoms. The predicted molar refractivity (Wildman–Crippen MR) is 177 cm³/mol. The second-order valence-electron chi connectivity index (χ2n) is 12.8. The summed E-state index contributed by atoms with van der Waals surface area (Å²) in [5, 5.41) is 5.07. The summed E-state index contributed by atoms with van der Waals surface area (Å²) in [4.78, 5) is 28.5. The van der Waals surface area contributed by atoms with Crippen molar-refractivity contribution < 1.29 is 18.7 Å². The summed E-state index contributed by atoms with van der Waals surface area (Å²) in [7, 11) is 1.63. The molecule has 3 aromatic carbocycles. The van der Waals surface area contributed by atoms with Crippen LogP contribution in [0, 0.1) is 12.8 Å². The lowest BCUT2D eigenvalue weighted by Gasteiger charge is -2.33. The van der Waals surface area contributed by atoms with E-state index < -0.39 is 6.17 Å². The number of benzene rings is 3. The highest BCUT2D eigenvalue weighted by molar-refractivity contribution is 7.22. The number of halogens is 1. The minimum Gasteiger partial charge on any atom is -0.496 e. The van der Waals surface area contributed by atoms with Crippen molar-refractivity contribution in [2.75, 3.05) is 20.2 Å². The Kier molecular flexibility index (Phi) is 6.73. The van der Waals surface area contributed by atoms with Gasteiger partial charge in [0.2, 0.25) is 0 Å². The Morgan fingerprint density at radius 3 is 2.67 bits per heavy atom. The number of aromatic nitrogens is 1. The molecule has 2 aromatic heterocycles. The van der Waals surface area contributed by atoms with Gasteiger partial charge in [-0.15, -0.1) is 11.3 Å². The number of hydrogen-bond acceptors (Lipinski definition) is 5. The van der Waals surface area contributed by atoms with Gasteiger partial charge in [-0.3, -0.25) is 9.59 Å². The first-order chi connectivity index (χ1) is 21.8. The molecule has 3 N–H and O–H groups in total. The third-order valence-corrected chi connectivity index (χ3v) is 10.8. The Morgan fingerprint density at radius 1 is 1.09 bits per heavy atom. The van der Waals surface area contributed by atoms with Crippen LogP contribution in [0.25, 0.3) is 42.7 Å². The molecule has 7 nitrogen and oxygen atoms in total. The van der Waals surface area contributed by atoms with Gasteiger partial charge in [0.25, 0.3) is 11.8 Å². The van der Waals surface area contributed by atoms with Gasteiger partial charge in [0.1, 0.15) is 11.9 Å². The predicted octanol–water partition coefficient (Wildman–Crippen LogP) is 6.67. The zero-order valence-corrected chi connectivity index (χ0v) is 26.2. The number of carbonyl (C=O) groups excluding carboxylic acids is 2. The summed E-state index contributed by atoms with van der Waals surface area (Å²) in [5.41, 5.74) is 13.9. The summed E-state index contributed by atoms with van der Waals surface area (Å²) < 4.78 is 23.6. The fourth-order valence-corrected chi connectivity index (χ4v) is 8.35. The molecular weight excluding hydrogens is 587 g/mol. The van der Waals surface area contributed by atoms with Crippen LogP contribution in [0.3, 0.4) is 0 Å². The van der Waals surface area contributed by atoms with Crippen LogP contribution in [0.5, 0.6) is 5.75 Å². The number of likely N-dealkylation sites (tertiary alicyclic amines) is 1. The molecule has 1 aliphatic carbocycles. The number of thiophene rings is 1. The normalized spacial score (nSPS) is 19.7. The molecule has 0 spiro atoms. The third kappa shape index (κ3) is 4.89. The molecule has 0 radical (unpaired) electrons. The summed E-state index contributed by atoms with van der Waals surface area (Å²) in [6.45, 7) is 4.04. The molecule has 2 atom stereocenters. The van der Waals surface area contributed by atoms with E-state index in [0.717, 1.165) is 60.4 Å². The number of amides is 2.